The Morgan fingerprint density at radius 3 is 2.69 bits per heavy atom. The summed E-state index contributed by atoms with van der Waals surface area (Å²) in [6, 6.07) is 0. The first-order valence-electron chi connectivity index (χ1n) is 5.77. The van der Waals surface area contributed by atoms with Crippen LogP contribution in [-0.4, -0.2) is 20.7 Å². The molecule has 16 heavy (non-hydrogen) atoms. The van der Waals surface area contributed by atoms with Gasteiger partial charge in [0, 0.05) is 12.5 Å². The van der Waals surface area contributed by atoms with E-state index in [-0.39, 0.29) is 11.8 Å². The fourth-order valence-corrected chi connectivity index (χ4v) is 1.31. The fourth-order valence-electron chi connectivity index (χ4n) is 1.31. The summed E-state index contributed by atoms with van der Waals surface area (Å²) < 4.78 is 1.95. The summed E-state index contributed by atoms with van der Waals surface area (Å²) >= 11 is 0. The monoisotopic (exact) mass is 224 g/mol. The van der Waals surface area contributed by atoms with Crippen LogP contribution >= 0.6 is 0 Å². The minimum Gasteiger partial charge on any atom is -0.297 e. The number of aryl methyl sites for hydroxylation is 1. The van der Waals surface area contributed by atoms with Gasteiger partial charge in [-0.1, -0.05) is 27.2 Å². The molecule has 90 valence electrons. The van der Waals surface area contributed by atoms with Gasteiger partial charge in [0.2, 0.25) is 11.9 Å². The number of anilines is 1. The molecule has 0 fully saturated rings. The van der Waals surface area contributed by atoms with Gasteiger partial charge < -0.3 is 0 Å². The Balaban J connectivity index is 2.75. The standard InChI is InChI=1S/C11H20N4O/c1-5-6-7-15-9(4)13-14-11(15)12-10(16)8(2)3/h8H,5-7H2,1-4H3,(H,12,14,16). The lowest BCUT2D eigenvalue weighted by molar-refractivity contribution is -0.118. The molecule has 0 unspecified atom stereocenters. The van der Waals surface area contributed by atoms with Crippen molar-refractivity contribution in [2.45, 2.75) is 47.1 Å². The number of nitrogens with zero attached hydrogens (tertiary/aromatic N) is 3. The number of hydrogen-bond donors (Lipinski definition) is 1. The van der Waals surface area contributed by atoms with Crippen LogP contribution < -0.4 is 5.32 Å². The number of amides is 1. The van der Waals surface area contributed by atoms with Gasteiger partial charge in [0.05, 0.1) is 0 Å². The number of rotatable bonds is 5. The van der Waals surface area contributed by atoms with Crippen molar-refractivity contribution in [2.24, 2.45) is 5.92 Å². The van der Waals surface area contributed by atoms with Crippen molar-refractivity contribution in [1.29, 1.82) is 0 Å². The van der Waals surface area contributed by atoms with Crippen molar-refractivity contribution < 1.29 is 4.79 Å². The van der Waals surface area contributed by atoms with Crippen LogP contribution in [0, 0.1) is 12.8 Å². The zero-order valence-electron chi connectivity index (χ0n) is 10.4. The van der Waals surface area contributed by atoms with Gasteiger partial charge in [-0.3, -0.25) is 14.7 Å². The summed E-state index contributed by atoms with van der Waals surface area (Å²) in [5.74, 6) is 1.33. The van der Waals surface area contributed by atoms with Crippen LogP contribution in [0.2, 0.25) is 0 Å². The van der Waals surface area contributed by atoms with Crippen LogP contribution in [0.25, 0.3) is 0 Å². The summed E-state index contributed by atoms with van der Waals surface area (Å²) in [7, 11) is 0. The van der Waals surface area contributed by atoms with Crippen LogP contribution in [0.5, 0.6) is 0 Å². The topological polar surface area (TPSA) is 59.8 Å². The van der Waals surface area contributed by atoms with Crippen molar-refractivity contribution >= 4 is 11.9 Å². The maximum Gasteiger partial charge on any atom is 0.231 e. The molecule has 5 nitrogen and oxygen atoms in total. The van der Waals surface area contributed by atoms with Crippen molar-refractivity contribution in [3.63, 3.8) is 0 Å². The maximum absolute atomic E-state index is 11.6. The van der Waals surface area contributed by atoms with Gasteiger partial charge in [0.15, 0.2) is 0 Å². The lowest BCUT2D eigenvalue weighted by Crippen LogP contribution is -2.21. The number of carbonyl (C=O) groups is 1. The molecule has 1 aromatic rings. The molecule has 0 aliphatic heterocycles. The zero-order valence-corrected chi connectivity index (χ0v) is 10.4. The lowest BCUT2D eigenvalue weighted by Gasteiger charge is -2.10. The Morgan fingerprint density at radius 2 is 2.12 bits per heavy atom. The second-order valence-electron chi connectivity index (χ2n) is 4.22. The molecule has 0 spiro atoms. The van der Waals surface area contributed by atoms with Gasteiger partial charge in [-0.25, -0.2) is 0 Å². The third kappa shape index (κ3) is 3.05. The van der Waals surface area contributed by atoms with Crippen LogP contribution in [-0.2, 0) is 11.3 Å². The predicted molar refractivity (Wildman–Crippen MR) is 63.1 cm³/mol. The molecule has 1 heterocycles. The van der Waals surface area contributed by atoms with E-state index in [0.29, 0.717) is 5.95 Å². The molecule has 0 radical (unpaired) electrons. The molecule has 1 rings (SSSR count). The number of hydrogen-bond acceptors (Lipinski definition) is 3. The van der Waals surface area contributed by atoms with E-state index in [0.717, 1.165) is 25.2 Å². The SMILES string of the molecule is CCCCn1c(C)nnc1NC(=O)C(C)C. The Labute approximate surface area is 96.3 Å². The van der Waals surface area contributed by atoms with Crippen LogP contribution in [0.4, 0.5) is 5.95 Å². The molecule has 5 heteroatoms. The summed E-state index contributed by atoms with van der Waals surface area (Å²) in [6.07, 6.45) is 2.17. The molecular weight excluding hydrogens is 204 g/mol. The number of carbonyl (C=O) groups excluding carboxylic acids is 1. The molecule has 0 atom stereocenters. The minimum atomic E-state index is -0.0448. The Hall–Kier alpha value is -1.39. The molecule has 1 amide bonds. The first-order valence-corrected chi connectivity index (χ1v) is 5.77. The van der Waals surface area contributed by atoms with Crippen molar-refractivity contribution in [3.05, 3.63) is 5.82 Å². The molecule has 0 aliphatic carbocycles. The van der Waals surface area contributed by atoms with Crippen LogP contribution in [0.1, 0.15) is 39.4 Å². The van der Waals surface area contributed by atoms with Gasteiger partial charge in [-0.05, 0) is 13.3 Å². The van der Waals surface area contributed by atoms with E-state index in [1.807, 2.05) is 25.3 Å². The highest BCUT2D eigenvalue weighted by atomic mass is 16.2. The molecular formula is C11H20N4O. The second-order valence-corrected chi connectivity index (χ2v) is 4.22. The summed E-state index contributed by atoms with van der Waals surface area (Å²) in [6.45, 7) is 8.59. The van der Waals surface area contributed by atoms with Crippen molar-refractivity contribution in [2.75, 3.05) is 5.32 Å². The summed E-state index contributed by atoms with van der Waals surface area (Å²) in [5, 5.41) is 10.7. The average molecular weight is 224 g/mol. The first kappa shape index (κ1) is 12.7. The maximum atomic E-state index is 11.6. The summed E-state index contributed by atoms with van der Waals surface area (Å²) in [4.78, 5) is 11.6. The van der Waals surface area contributed by atoms with E-state index in [1.165, 1.54) is 0 Å². The van der Waals surface area contributed by atoms with E-state index in [1.54, 1.807) is 0 Å². The molecule has 0 saturated heterocycles. The smallest absolute Gasteiger partial charge is 0.231 e. The number of aromatic nitrogens is 3. The van der Waals surface area contributed by atoms with E-state index < -0.39 is 0 Å². The van der Waals surface area contributed by atoms with Crippen LogP contribution in [0.3, 0.4) is 0 Å². The van der Waals surface area contributed by atoms with Gasteiger partial charge >= 0.3 is 0 Å². The van der Waals surface area contributed by atoms with E-state index in [2.05, 4.69) is 22.4 Å². The summed E-state index contributed by atoms with van der Waals surface area (Å²) in [5.41, 5.74) is 0. The predicted octanol–water partition coefficient (Wildman–Crippen LogP) is 1.98. The highest BCUT2D eigenvalue weighted by molar-refractivity contribution is 5.90. The third-order valence-corrected chi connectivity index (χ3v) is 2.43. The van der Waals surface area contributed by atoms with E-state index >= 15 is 0 Å². The molecule has 0 saturated carbocycles. The average Bonchev–Trinajstić information content (AvgIpc) is 2.57. The Bertz CT molecular complexity index is 357. The molecule has 0 bridgehead atoms. The van der Waals surface area contributed by atoms with E-state index in [9.17, 15) is 4.79 Å². The Morgan fingerprint density at radius 1 is 1.44 bits per heavy atom. The molecule has 1 N–H and O–H groups in total. The van der Waals surface area contributed by atoms with Crippen LogP contribution in [0.15, 0.2) is 0 Å². The highest BCUT2D eigenvalue weighted by Gasteiger charge is 2.13. The highest BCUT2D eigenvalue weighted by Crippen LogP contribution is 2.10. The molecule has 0 aliphatic rings. The second kappa shape index (κ2) is 5.63. The Kier molecular flexibility index (Phi) is 4.46. The fraction of sp³-hybridized carbons (Fsp3) is 0.727. The minimum absolute atomic E-state index is 0.0230. The van der Waals surface area contributed by atoms with Crippen molar-refractivity contribution in [3.8, 4) is 0 Å². The van der Waals surface area contributed by atoms with Gasteiger partial charge in [-0.15, -0.1) is 10.2 Å². The third-order valence-electron chi connectivity index (χ3n) is 2.43. The van der Waals surface area contributed by atoms with E-state index in [4.69, 9.17) is 0 Å². The van der Waals surface area contributed by atoms with Gasteiger partial charge in [0.1, 0.15) is 5.82 Å². The molecule has 0 aromatic carbocycles. The normalized spacial score (nSPS) is 10.8. The zero-order chi connectivity index (χ0) is 12.1. The number of unbranched alkanes of at least 4 members (excludes halogenated alkanes) is 1. The van der Waals surface area contributed by atoms with Crippen molar-refractivity contribution in [1.82, 2.24) is 14.8 Å². The quantitative estimate of drug-likeness (QED) is 0.832. The molecule has 1 aromatic heterocycles. The number of nitrogens with one attached hydrogen (secondary N) is 1. The lowest BCUT2D eigenvalue weighted by atomic mass is 10.2. The van der Waals surface area contributed by atoms with Gasteiger partial charge in [-0.2, -0.15) is 0 Å². The largest absolute Gasteiger partial charge is 0.297 e. The van der Waals surface area contributed by atoms with Gasteiger partial charge in [0.25, 0.3) is 0 Å². The first-order chi connectivity index (χ1) is 7.56.